The maximum absolute atomic E-state index is 13.6. The van der Waals surface area contributed by atoms with Crippen LogP contribution in [0.25, 0.3) is 16.9 Å². The van der Waals surface area contributed by atoms with Gasteiger partial charge in [0, 0.05) is 17.7 Å². The van der Waals surface area contributed by atoms with Gasteiger partial charge in [0.25, 0.3) is 11.2 Å². The number of ether oxygens (including phenoxy) is 1. The number of rotatable bonds is 7. The number of hydrogen-bond donors (Lipinski definition) is 1. The Morgan fingerprint density at radius 3 is 2.35 bits per heavy atom. The number of aromatic nitrogens is 2. The van der Waals surface area contributed by atoms with Gasteiger partial charge < -0.3 is 4.74 Å². The molecular formula is C26H24N4O4. The van der Waals surface area contributed by atoms with E-state index in [0.29, 0.717) is 28.4 Å². The number of nitrogens with zero attached hydrogens (tertiary/aromatic N) is 3. The van der Waals surface area contributed by atoms with Crippen molar-refractivity contribution in [3.63, 3.8) is 0 Å². The van der Waals surface area contributed by atoms with Crippen LogP contribution in [0, 0.1) is 10.1 Å². The molecule has 8 heteroatoms. The summed E-state index contributed by atoms with van der Waals surface area (Å²) in [4.78, 5) is 28.9. The van der Waals surface area contributed by atoms with Crippen molar-refractivity contribution in [3.8, 4) is 22.7 Å². The lowest BCUT2D eigenvalue weighted by atomic mass is 10.0. The van der Waals surface area contributed by atoms with Crippen LogP contribution in [0.4, 0.5) is 11.4 Å². The number of non-ortho nitro benzene ring substituents is 1. The summed E-state index contributed by atoms with van der Waals surface area (Å²) >= 11 is 0. The summed E-state index contributed by atoms with van der Waals surface area (Å²) in [5.74, 6) is 0.699. The Bertz CT molecular complexity index is 1410. The third-order valence-corrected chi connectivity index (χ3v) is 5.61. The highest BCUT2D eigenvalue weighted by molar-refractivity contribution is 6.05. The second-order valence-corrected chi connectivity index (χ2v) is 7.68. The molecule has 0 spiro atoms. The minimum atomic E-state index is -0.475. The Labute approximate surface area is 196 Å². The van der Waals surface area contributed by atoms with Crippen LogP contribution in [0.3, 0.4) is 0 Å². The van der Waals surface area contributed by atoms with Crippen LogP contribution in [0.2, 0.25) is 0 Å². The molecule has 0 aliphatic heterocycles. The summed E-state index contributed by atoms with van der Waals surface area (Å²) in [6.45, 7) is 3.87. The second kappa shape index (κ2) is 9.58. The van der Waals surface area contributed by atoms with Crippen molar-refractivity contribution in [2.24, 2.45) is 4.99 Å². The van der Waals surface area contributed by atoms with Crippen molar-refractivity contribution in [2.45, 2.75) is 20.3 Å². The summed E-state index contributed by atoms with van der Waals surface area (Å²) in [7, 11) is 1.59. The number of methoxy groups -OCH3 is 1. The predicted octanol–water partition coefficient (Wildman–Crippen LogP) is 5.45. The molecule has 1 aromatic heterocycles. The number of nitro benzene ring substituents is 1. The molecule has 8 nitrogen and oxygen atoms in total. The number of aliphatic imine (C=N–C) groups is 1. The van der Waals surface area contributed by atoms with E-state index in [1.54, 1.807) is 7.11 Å². The molecule has 172 valence electrons. The fraction of sp³-hybridized carbons (Fsp3) is 0.154. The third kappa shape index (κ3) is 4.38. The number of nitrogens with one attached hydrogen (secondary N) is 1. The van der Waals surface area contributed by atoms with Crippen LogP contribution < -0.4 is 10.3 Å². The van der Waals surface area contributed by atoms with Gasteiger partial charge in [0.1, 0.15) is 5.75 Å². The van der Waals surface area contributed by atoms with E-state index in [-0.39, 0.29) is 11.2 Å². The van der Waals surface area contributed by atoms with Crippen LogP contribution >= 0.6 is 0 Å². The molecule has 0 radical (unpaired) electrons. The normalized spacial score (nSPS) is 11.4. The van der Waals surface area contributed by atoms with E-state index in [1.807, 2.05) is 55.5 Å². The number of aromatic amines is 1. The van der Waals surface area contributed by atoms with Gasteiger partial charge in [-0.2, -0.15) is 0 Å². The lowest BCUT2D eigenvalue weighted by Gasteiger charge is -2.06. The largest absolute Gasteiger partial charge is 0.497 e. The van der Waals surface area contributed by atoms with E-state index in [4.69, 9.17) is 9.73 Å². The highest BCUT2D eigenvalue weighted by Gasteiger charge is 2.20. The van der Waals surface area contributed by atoms with Gasteiger partial charge >= 0.3 is 0 Å². The summed E-state index contributed by atoms with van der Waals surface area (Å²) < 4.78 is 6.64. The monoisotopic (exact) mass is 456 g/mol. The van der Waals surface area contributed by atoms with E-state index in [1.165, 1.54) is 28.9 Å². The number of nitro groups is 1. The summed E-state index contributed by atoms with van der Waals surface area (Å²) in [6.07, 6.45) is 0.818. The molecule has 0 saturated heterocycles. The zero-order valence-corrected chi connectivity index (χ0v) is 19.1. The Hall–Kier alpha value is -4.46. The Morgan fingerprint density at radius 2 is 1.74 bits per heavy atom. The topological polar surface area (TPSA) is 103 Å². The molecule has 0 aliphatic rings. The first-order chi connectivity index (χ1) is 16.4. The molecule has 0 bridgehead atoms. The van der Waals surface area contributed by atoms with Gasteiger partial charge in [0.05, 0.1) is 40.4 Å². The molecule has 1 heterocycles. The molecule has 34 heavy (non-hydrogen) atoms. The van der Waals surface area contributed by atoms with Gasteiger partial charge in [0.15, 0.2) is 0 Å². The van der Waals surface area contributed by atoms with Crippen LogP contribution in [-0.4, -0.2) is 27.5 Å². The first-order valence-electron chi connectivity index (χ1n) is 10.8. The minimum Gasteiger partial charge on any atom is -0.497 e. The standard InChI is InChI=1S/C26H24N4O4/c1-4-18-7-5-6-8-23(18)27-17(2)24-25(19-9-15-22(34-3)16-10-19)28-29(26(24)31)20-11-13-21(14-12-20)30(32)33/h5-16,28H,4H2,1-3H3. The van der Waals surface area contributed by atoms with Crippen molar-refractivity contribution in [3.05, 3.63) is 104 Å². The molecule has 4 aromatic rings. The number of para-hydroxylation sites is 1. The molecular weight excluding hydrogens is 432 g/mol. The number of aryl methyl sites for hydroxylation is 1. The molecule has 1 N–H and O–H groups in total. The van der Waals surface area contributed by atoms with Crippen molar-refractivity contribution in [2.75, 3.05) is 7.11 Å². The quantitative estimate of drug-likeness (QED) is 0.227. The first kappa shape index (κ1) is 22.7. The maximum Gasteiger partial charge on any atom is 0.280 e. The SMILES string of the molecule is CCc1ccccc1N=C(C)c1c(-c2ccc(OC)cc2)[nH]n(-c2ccc([N+](=O)[O-])cc2)c1=O. The lowest BCUT2D eigenvalue weighted by Crippen LogP contribution is -2.19. The Kier molecular flexibility index (Phi) is 6.40. The minimum absolute atomic E-state index is 0.0483. The van der Waals surface area contributed by atoms with Gasteiger partial charge in [-0.15, -0.1) is 0 Å². The van der Waals surface area contributed by atoms with Gasteiger partial charge in [-0.25, -0.2) is 4.68 Å². The Balaban J connectivity index is 1.90. The van der Waals surface area contributed by atoms with Crippen molar-refractivity contribution >= 4 is 17.1 Å². The second-order valence-electron chi connectivity index (χ2n) is 7.68. The number of hydrogen-bond acceptors (Lipinski definition) is 5. The van der Waals surface area contributed by atoms with E-state index in [2.05, 4.69) is 12.0 Å². The molecule has 0 amide bonds. The average Bonchev–Trinajstić information content (AvgIpc) is 3.21. The van der Waals surface area contributed by atoms with Crippen LogP contribution in [0.15, 0.2) is 82.6 Å². The highest BCUT2D eigenvalue weighted by Crippen LogP contribution is 2.26. The van der Waals surface area contributed by atoms with Gasteiger partial charge in [-0.1, -0.05) is 25.1 Å². The number of benzene rings is 3. The van der Waals surface area contributed by atoms with E-state index in [0.717, 1.165) is 23.2 Å². The predicted molar refractivity (Wildman–Crippen MR) is 133 cm³/mol. The van der Waals surface area contributed by atoms with Gasteiger partial charge in [0.2, 0.25) is 0 Å². The third-order valence-electron chi connectivity index (χ3n) is 5.61. The number of H-pyrrole nitrogens is 1. The molecule has 4 rings (SSSR count). The van der Waals surface area contributed by atoms with E-state index < -0.39 is 4.92 Å². The lowest BCUT2D eigenvalue weighted by molar-refractivity contribution is -0.384. The summed E-state index contributed by atoms with van der Waals surface area (Å²) in [6, 6.07) is 21.0. The summed E-state index contributed by atoms with van der Waals surface area (Å²) in [5, 5.41) is 14.2. The van der Waals surface area contributed by atoms with Crippen LogP contribution in [-0.2, 0) is 6.42 Å². The fourth-order valence-electron chi connectivity index (χ4n) is 3.80. The zero-order valence-electron chi connectivity index (χ0n) is 19.1. The first-order valence-corrected chi connectivity index (χ1v) is 10.8. The molecule has 0 unspecified atom stereocenters. The molecule has 0 saturated carbocycles. The Morgan fingerprint density at radius 1 is 1.06 bits per heavy atom. The average molecular weight is 457 g/mol. The van der Waals surface area contributed by atoms with Gasteiger partial charge in [-0.3, -0.25) is 25.0 Å². The smallest absolute Gasteiger partial charge is 0.280 e. The van der Waals surface area contributed by atoms with E-state index in [9.17, 15) is 14.9 Å². The molecule has 3 aromatic carbocycles. The van der Waals surface area contributed by atoms with Crippen molar-refractivity contribution in [1.29, 1.82) is 0 Å². The van der Waals surface area contributed by atoms with Crippen LogP contribution in [0.5, 0.6) is 5.75 Å². The van der Waals surface area contributed by atoms with Crippen molar-refractivity contribution < 1.29 is 9.66 Å². The van der Waals surface area contributed by atoms with E-state index >= 15 is 0 Å². The van der Waals surface area contributed by atoms with Gasteiger partial charge in [-0.05, 0) is 61.4 Å². The maximum atomic E-state index is 13.6. The zero-order chi connectivity index (χ0) is 24.2. The fourth-order valence-corrected chi connectivity index (χ4v) is 3.80. The van der Waals surface area contributed by atoms with Crippen LogP contribution in [0.1, 0.15) is 25.0 Å². The summed E-state index contributed by atoms with van der Waals surface area (Å²) in [5.41, 5.74) is 4.40. The molecule has 0 aliphatic carbocycles. The molecule has 0 atom stereocenters. The van der Waals surface area contributed by atoms with Crippen molar-refractivity contribution in [1.82, 2.24) is 9.78 Å². The molecule has 0 fully saturated rings. The highest BCUT2D eigenvalue weighted by atomic mass is 16.6.